The molecule has 0 radical (unpaired) electrons. The Labute approximate surface area is 80.9 Å². The van der Waals surface area contributed by atoms with E-state index in [-0.39, 0.29) is 12.8 Å². The molecule has 0 saturated heterocycles. The number of allylic oxidation sites excluding steroid dienone is 2. The van der Waals surface area contributed by atoms with E-state index in [1.54, 1.807) is 13.0 Å². The summed E-state index contributed by atoms with van der Waals surface area (Å²) in [6.45, 7) is 1.72. The van der Waals surface area contributed by atoms with Gasteiger partial charge in [0, 0.05) is 0 Å². The van der Waals surface area contributed by atoms with Gasteiger partial charge in [-0.05, 0) is 19.8 Å². The molecule has 2 atom stereocenters. The van der Waals surface area contributed by atoms with Crippen LogP contribution in [0.4, 0.5) is 13.2 Å². The summed E-state index contributed by atoms with van der Waals surface area (Å²) in [6, 6.07) is 0. The molecule has 1 rings (SSSR count). The highest BCUT2D eigenvalue weighted by Crippen LogP contribution is 2.37. The molecule has 80 valence electrons. The minimum absolute atomic E-state index is 0.0547. The van der Waals surface area contributed by atoms with Gasteiger partial charge < -0.3 is 5.11 Å². The number of alkyl halides is 3. The van der Waals surface area contributed by atoms with E-state index in [1.165, 1.54) is 12.2 Å². The lowest BCUT2D eigenvalue weighted by atomic mass is 9.84. The number of rotatable bonds is 1. The topological polar surface area (TPSA) is 20.2 Å². The van der Waals surface area contributed by atoms with Crippen LogP contribution in [0.2, 0.25) is 0 Å². The molecule has 1 aliphatic rings. The molecule has 1 aliphatic carbocycles. The average molecular weight is 206 g/mol. The van der Waals surface area contributed by atoms with Gasteiger partial charge in [-0.3, -0.25) is 0 Å². The second kappa shape index (κ2) is 3.77. The smallest absolute Gasteiger partial charge is 0.382 e. The van der Waals surface area contributed by atoms with Crippen LogP contribution < -0.4 is 0 Å². The second-order valence-corrected chi connectivity index (χ2v) is 3.54. The Morgan fingerprint density at radius 1 is 1.50 bits per heavy atom. The molecular weight excluding hydrogens is 193 g/mol. The SMILES string of the molecule is C/C=C/C1(O)C=CC(C(F)(F)F)CC1. The van der Waals surface area contributed by atoms with Crippen molar-refractivity contribution in [3.63, 3.8) is 0 Å². The zero-order valence-electron chi connectivity index (χ0n) is 7.88. The van der Waals surface area contributed by atoms with Crippen LogP contribution in [0.3, 0.4) is 0 Å². The maximum absolute atomic E-state index is 12.2. The minimum atomic E-state index is -4.19. The molecule has 0 saturated carbocycles. The summed E-state index contributed by atoms with van der Waals surface area (Å²) < 4.78 is 36.7. The molecule has 0 aromatic carbocycles. The van der Waals surface area contributed by atoms with E-state index < -0.39 is 17.7 Å². The zero-order valence-corrected chi connectivity index (χ0v) is 7.88. The first-order chi connectivity index (χ1) is 6.37. The Hall–Kier alpha value is -0.770. The van der Waals surface area contributed by atoms with Gasteiger partial charge in [-0.1, -0.05) is 24.3 Å². The van der Waals surface area contributed by atoms with Crippen molar-refractivity contribution in [1.29, 1.82) is 0 Å². The molecule has 14 heavy (non-hydrogen) atoms. The lowest BCUT2D eigenvalue weighted by Gasteiger charge is -2.29. The summed E-state index contributed by atoms with van der Waals surface area (Å²) in [4.78, 5) is 0. The monoisotopic (exact) mass is 206 g/mol. The summed E-state index contributed by atoms with van der Waals surface area (Å²) in [5.41, 5.74) is -1.18. The minimum Gasteiger partial charge on any atom is -0.382 e. The van der Waals surface area contributed by atoms with Gasteiger partial charge in [0.15, 0.2) is 0 Å². The van der Waals surface area contributed by atoms with E-state index in [2.05, 4.69) is 0 Å². The van der Waals surface area contributed by atoms with Crippen molar-refractivity contribution in [2.24, 2.45) is 5.92 Å². The third-order valence-electron chi connectivity index (χ3n) is 2.35. The van der Waals surface area contributed by atoms with Crippen LogP contribution in [0.1, 0.15) is 19.8 Å². The van der Waals surface area contributed by atoms with E-state index in [0.29, 0.717) is 0 Å². The maximum Gasteiger partial charge on any atom is 0.395 e. The second-order valence-electron chi connectivity index (χ2n) is 3.54. The fourth-order valence-electron chi connectivity index (χ4n) is 1.55. The maximum atomic E-state index is 12.2. The zero-order chi connectivity index (χ0) is 10.8. The van der Waals surface area contributed by atoms with Crippen molar-refractivity contribution in [1.82, 2.24) is 0 Å². The van der Waals surface area contributed by atoms with Gasteiger partial charge in [0.05, 0.1) is 5.92 Å². The molecule has 4 heteroatoms. The van der Waals surface area contributed by atoms with E-state index >= 15 is 0 Å². The van der Waals surface area contributed by atoms with Crippen LogP contribution in [0.25, 0.3) is 0 Å². The highest BCUT2D eigenvalue weighted by molar-refractivity contribution is 5.17. The first kappa shape index (κ1) is 11.3. The van der Waals surface area contributed by atoms with Gasteiger partial charge in [0.25, 0.3) is 0 Å². The fraction of sp³-hybridized carbons (Fsp3) is 0.600. The lowest BCUT2D eigenvalue weighted by molar-refractivity contribution is -0.166. The number of hydrogen-bond donors (Lipinski definition) is 1. The Kier molecular flexibility index (Phi) is 3.04. The number of halogens is 3. The van der Waals surface area contributed by atoms with Gasteiger partial charge in [-0.25, -0.2) is 0 Å². The fourth-order valence-corrected chi connectivity index (χ4v) is 1.55. The normalized spacial score (nSPS) is 33.9. The summed E-state index contributed by atoms with van der Waals surface area (Å²) in [6.07, 6.45) is 1.30. The summed E-state index contributed by atoms with van der Waals surface area (Å²) in [7, 11) is 0. The summed E-state index contributed by atoms with van der Waals surface area (Å²) in [5, 5.41) is 9.71. The predicted molar refractivity (Wildman–Crippen MR) is 47.7 cm³/mol. The van der Waals surface area contributed by atoms with E-state index in [1.807, 2.05) is 0 Å². The third-order valence-corrected chi connectivity index (χ3v) is 2.35. The molecule has 0 bridgehead atoms. The van der Waals surface area contributed by atoms with Crippen LogP contribution in [-0.4, -0.2) is 16.9 Å². The van der Waals surface area contributed by atoms with Gasteiger partial charge in [0.1, 0.15) is 5.60 Å². The van der Waals surface area contributed by atoms with Crippen LogP contribution in [-0.2, 0) is 0 Å². The molecule has 0 aliphatic heterocycles. The van der Waals surface area contributed by atoms with Crippen molar-refractivity contribution in [3.8, 4) is 0 Å². The Morgan fingerprint density at radius 2 is 2.14 bits per heavy atom. The summed E-state index contributed by atoms with van der Waals surface area (Å²) >= 11 is 0. The Morgan fingerprint density at radius 3 is 2.50 bits per heavy atom. The molecule has 0 spiro atoms. The van der Waals surface area contributed by atoms with E-state index in [9.17, 15) is 18.3 Å². The molecule has 0 aromatic rings. The first-order valence-corrected chi connectivity index (χ1v) is 4.50. The molecule has 0 aromatic heterocycles. The summed E-state index contributed by atoms with van der Waals surface area (Å²) in [5.74, 6) is -1.41. The van der Waals surface area contributed by atoms with Crippen molar-refractivity contribution in [2.45, 2.75) is 31.5 Å². The average Bonchev–Trinajstić information content (AvgIpc) is 2.03. The van der Waals surface area contributed by atoms with Crippen LogP contribution in [0.15, 0.2) is 24.3 Å². The molecule has 1 N–H and O–H groups in total. The Balaban J connectivity index is 2.73. The van der Waals surface area contributed by atoms with Crippen molar-refractivity contribution in [3.05, 3.63) is 24.3 Å². The van der Waals surface area contributed by atoms with Crippen LogP contribution >= 0.6 is 0 Å². The largest absolute Gasteiger partial charge is 0.395 e. The highest BCUT2D eigenvalue weighted by Gasteiger charge is 2.41. The van der Waals surface area contributed by atoms with Gasteiger partial charge in [-0.15, -0.1) is 0 Å². The van der Waals surface area contributed by atoms with E-state index in [0.717, 1.165) is 6.08 Å². The quantitative estimate of drug-likeness (QED) is 0.654. The molecule has 0 fully saturated rings. The molecule has 0 amide bonds. The first-order valence-electron chi connectivity index (χ1n) is 4.50. The lowest BCUT2D eigenvalue weighted by Crippen LogP contribution is -2.32. The molecule has 2 unspecified atom stereocenters. The number of aliphatic hydroxyl groups is 1. The van der Waals surface area contributed by atoms with Crippen molar-refractivity contribution >= 4 is 0 Å². The third kappa shape index (κ3) is 2.61. The van der Waals surface area contributed by atoms with E-state index in [4.69, 9.17) is 0 Å². The van der Waals surface area contributed by atoms with Gasteiger partial charge >= 0.3 is 6.18 Å². The van der Waals surface area contributed by atoms with Crippen molar-refractivity contribution in [2.75, 3.05) is 0 Å². The predicted octanol–water partition coefficient (Wildman–Crippen LogP) is 2.82. The van der Waals surface area contributed by atoms with Gasteiger partial charge in [0.2, 0.25) is 0 Å². The molecular formula is C10H13F3O. The van der Waals surface area contributed by atoms with Crippen LogP contribution in [0, 0.1) is 5.92 Å². The Bertz CT molecular complexity index is 255. The molecule has 0 heterocycles. The standard InChI is InChI=1S/C10H13F3O/c1-2-5-9(14)6-3-8(4-7-9)10(11,12)13/h2-3,5-6,8,14H,4,7H2,1H3/b5-2+. The molecule has 1 nitrogen and oxygen atoms in total. The van der Waals surface area contributed by atoms with Crippen molar-refractivity contribution < 1.29 is 18.3 Å². The van der Waals surface area contributed by atoms with Crippen LogP contribution in [0.5, 0.6) is 0 Å². The number of hydrogen-bond acceptors (Lipinski definition) is 1. The highest BCUT2D eigenvalue weighted by atomic mass is 19.4. The van der Waals surface area contributed by atoms with Gasteiger partial charge in [-0.2, -0.15) is 13.2 Å².